The van der Waals surface area contributed by atoms with E-state index in [2.05, 4.69) is 0 Å². The van der Waals surface area contributed by atoms with Crippen molar-refractivity contribution >= 4 is 17.7 Å². The molecule has 0 saturated heterocycles. The maximum absolute atomic E-state index is 14.1. The third-order valence-corrected chi connectivity index (χ3v) is 2.87. The Hall–Kier alpha value is -1.95. The van der Waals surface area contributed by atoms with Gasteiger partial charge in [0.25, 0.3) is 0 Å². The first-order valence-corrected chi connectivity index (χ1v) is 6.72. The normalized spacial score (nSPS) is 11.0. The van der Waals surface area contributed by atoms with Gasteiger partial charge in [0.1, 0.15) is 17.3 Å². The lowest BCUT2D eigenvalue weighted by molar-refractivity contribution is -0.131. The average molecular weight is 299 g/mol. The van der Waals surface area contributed by atoms with E-state index < -0.39 is 17.6 Å². The molecule has 0 aliphatic heterocycles. The highest BCUT2D eigenvalue weighted by Gasteiger charge is 2.16. The Bertz CT molecular complexity index is 495. The zero-order valence-electron chi connectivity index (χ0n) is 12.1. The van der Waals surface area contributed by atoms with Crippen LogP contribution in [0.15, 0.2) is 18.2 Å². The van der Waals surface area contributed by atoms with Crippen LogP contribution in [-0.2, 0) is 9.53 Å². The molecule has 0 bridgehead atoms. The van der Waals surface area contributed by atoms with Crippen molar-refractivity contribution in [3.8, 4) is 0 Å². The van der Waals surface area contributed by atoms with Gasteiger partial charge in [-0.15, -0.1) is 0 Å². The quantitative estimate of drug-likeness (QED) is 0.592. The molecule has 1 rings (SSSR count). The third-order valence-electron chi connectivity index (χ3n) is 2.87. The molecule has 0 unspecified atom stereocenters. The van der Waals surface area contributed by atoms with Gasteiger partial charge in [-0.1, -0.05) is 0 Å². The highest BCUT2D eigenvalue weighted by molar-refractivity contribution is 5.85. The average Bonchev–Trinajstić information content (AvgIpc) is 2.42. The Morgan fingerprint density at radius 1 is 1.33 bits per heavy atom. The molecule has 0 atom stereocenters. The number of benzene rings is 1. The molecule has 21 heavy (non-hydrogen) atoms. The van der Waals surface area contributed by atoms with Crippen molar-refractivity contribution in [3.05, 3.63) is 35.4 Å². The van der Waals surface area contributed by atoms with Gasteiger partial charge in [-0.05, 0) is 37.6 Å². The summed E-state index contributed by atoms with van der Waals surface area (Å²) in [5.41, 5.74) is 0.0432. The maximum Gasteiger partial charge on any atom is 0.328 e. The van der Waals surface area contributed by atoms with Crippen molar-refractivity contribution in [2.24, 2.45) is 0 Å². The number of likely N-dealkylation sites (N-methyl/N-ethyl adjacent to an activating group) is 1. The molecule has 116 valence electrons. The molecule has 1 N–H and O–H groups in total. The van der Waals surface area contributed by atoms with Crippen LogP contribution in [0.4, 0.5) is 14.5 Å². The number of hydrogen-bond acceptors (Lipinski definition) is 3. The summed E-state index contributed by atoms with van der Waals surface area (Å²) >= 11 is 0. The number of carboxylic acid groups (broad SMARTS) is 1. The molecule has 0 aliphatic carbocycles. The van der Waals surface area contributed by atoms with E-state index in [1.165, 1.54) is 0 Å². The summed E-state index contributed by atoms with van der Waals surface area (Å²) < 4.78 is 33.3. The molecule has 4 nitrogen and oxygen atoms in total. The summed E-state index contributed by atoms with van der Waals surface area (Å²) in [5, 5.41) is 8.52. The molecular weight excluding hydrogens is 280 g/mol. The predicted octanol–water partition coefficient (Wildman–Crippen LogP) is 2.93. The first kappa shape index (κ1) is 17.1. The standard InChI is InChI=1S/C15H19F2NO3/c1-3-18(7-8-21-4-2)15-12(16)9-11(10-13(15)17)5-6-14(19)20/h5-6,9-10H,3-4,7-8H2,1-2H3,(H,19,20). The number of aliphatic carboxylic acids is 1. The fourth-order valence-corrected chi connectivity index (χ4v) is 1.90. The molecule has 0 heterocycles. The van der Waals surface area contributed by atoms with Crippen LogP contribution >= 0.6 is 0 Å². The van der Waals surface area contributed by atoms with Gasteiger partial charge in [0.2, 0.25) is 0 Å². The third kappa shape index (κ3) is 5.15. The molecule has 1 aromatic rings. The fourth-order valence-electron chi connectivity index (χ4n) is 1.90. The topological polar surface area (TPSA) is 49.8 Å². The molecule has 0 spiro atoms. The predicted molar refractivity (Wildman–Crippen MR) is 77.4 cm³/mol. The van der Waals surface area contributed by atoms with Gasteiger partial charge in [0, 0.05) is 25.8 Å². The summed E-state index contributed by atoms with van der Waals surface area (Å²) in [4.78, 5) is 12.0. The lowest BCUT2D eigenvalue weighted by Crippen LogP contribution is -2.29. The number of nitrogens with zero attached hydrogens (tertiary/aromatic N) is 1. The molecule has 0 saturated carbocycles. The Morgan fingerprint density at radius 3 is 2.43 bits per heavy atom. The largest absolute Gasteiger partial charge is 0.478 e. The number of carboxylic acids is 1. The van der Waals surface area contributed by atoms with Crippen LogP contribution in [0.2, 0.25) is 0 Å². The second kappa shape index (κ2) is 8.36. The Balaban J connectivity index is 2.99. The second-order valence-corrected chi connectivity index (χ2v) is 4.28. The smallest absolute Gasteiger partial charge is 0.328 e. The second-order valence-electron chi connectivity index (χ2n) is 4.28. The minimum atomic E-state index is -1.17. The van der Waals surface area contributed by atoms with Crippen molar-refractivity contribution in [2.45, 2.75) is 13.8 Å². The maximum atomic E-state index is 14.1. The van der Waals surface area contributed by atoms with Crippen LogP contribution in [0.1, 0.15) is 19.4 Å². The summed E-state index contributed by atoms with van der Waals surface area (Å²) in [5.74, 6) is -2.62. The van der Waals surface area contributed by atoms with Gasteiger partial charge in [0.15, 0.2) is 0 Å². The molecule has 0 fully saturated rings. The Kier molecular flexibility index (Phi) is 6.81. The number of halogens is 2. The van der Waals surface area contributed by atoms with Gasteiger partial charge in [-0.2, -0.15) is 0 Å². The van der Waals surface area contributed by atoms with Gasteiger partial charge < -0.3 is 14.7 Å². The monoisotopic (exact) mass is 299 g/mol. The highest BCUT2D eigenvalue weighted by atomic mass is 19.1. The molecule has 0 aromatic heterocycles. The van der Waals surface area contributed by atoms with Crippen LogP contribution in [0, 0.1) is 11.6 Å². The zero-order chi connectivity index (χ0) is 15.8. The van der Waals surface area contributed by atoms with E-state index in [-0.39, 0.29) is 11.3 Å². The zero-order valence-corrected chi connectivity index (χ0v) is 12.1. The van der Waals surface area contributed by atoms with Crippen LogP contribution in [0.3, 0.4) is 0 Å². The van der Waals surface area contributed by atoms with Crippen LogP contribution in [-0.4, -0.2) is 37.4 Å². The minimum Gasteiger partial charge on any atom is -0.478 e. The van der Waals surface area contributed by atoms with E-state index in [1.807, 2.05) is 6.92 Å². The van der Waals surface area contributed by atoms with Gasteiger partial charge in [-0.3, -0.25) is 0 Å². The number of anilines is 1. The summed E-state index contributed by atoms with van der Waals surface area (Å²) in [6, 6.07) is 2.22. The van der Waals surface area contributed by atoms with E-state index >= 15 is 0 Å². The molecule has 0 radical (unpaired) electrons. The molecule has 0 amide bonds. The molecule has 1 aromatic carbocycles. The van der Waals surface area contributed by atoms with Gasteiger partial charge in [-0.25, -0.2) is 13.6 Å². The number of carbonyl (C=O) groups is 1. The lowest BCUT2D eigenvalue weighted by atomic mass is 10.1. The Morgan fingerprint density at radius 2 is 1.95 bits per heavy atom. The molecule has 0 aliphatic rings. The summed E-state index contributed by atoms with van der Waals surface area (Å²) in [6.45, 7) is 5.38. The first-order chi connectivity index (χ1) is 9.99. The van der Waals surface area contributed by atoms with E-state index in [1.54, 1.807) is 11.8 Å². The van der Waals surface area contributed by atoms with Gasteiger partial charge in [0.05, 0.1) is 6.61 Å². The van der Waals surface area contributed by atoms with Crippen molar-refractivity contribution in [3.63, 3.8) is 0 Å². The van der Waals surface area contributed by atoms with Crippen LogP contribution in [0.5, 0.6) is 0 Å². The Labute approximate surface area is 122 Å². The van der Waals surface area contributed by atoms with E-state index in [0.29, 0.717) is 26.3 Å². The summed E-state index contributed by atoms with van der Waals surface area (Å²) in [7, 11) is 0. The first-order valence-electron chi connectivity index (χ1n) is 6.72. The SMILES string of the molecule is CCOCCN(CC)c1c(F)cc(C=CC(=O)O)cc1F. The minimum absolute atomic E-state index is 0.121. The van der Waals surface area contributed by atoms with Crippen LogP contribution < -0.4 is 4.90 Å². The molecule has 6 heteroatoms. The fraction of sp³-hybridized carbons (Fsp3) is 0.400. The lowest BCUT2D eigenvalue weighted by Gasteiger charge is -2.24. The number of rotatable bonds is 8. The molecular formula is C15H19F2NO3. The van der Waals surface area contributed by atoms with Gasteiger partial charge >= 0.3 is 5.97 Å². The van der Waals surface area contributed by atoms with Crippen molar-refractivity contribution in [1.82, 2.24) is 0 Å². The van der Waals surface area contributed by atoms with Crippen LogP contribution in [0.25, 0.3) is 6.08 Å². The highest BCUT2D eigenvalue weighted by Crippen LogP contribution is 2.25. The number of hydrogen-bond donors (Lipinski definition) is 1. The van der Waals surface area contributed by atoms with E-state index in [4.69, 9.17) is 9.84 Å². The van der Waals surface area contributed by atoms with Crippen molar-refractivity contribution < 1.29 is 23.4 Å². The number of ether oxygens (including phenoxy) is 1. The summed E-state index contributed by atoms with van der Waals surface area (Å²) in [6.07, 6.45) is 1.98. The van der Waals surface area contributed by atoms with Crippen molar-refractivity contribution in [1.29, 1.82) is 0 Å². The van der Waals surface area contributed by atoms with E-state index in [0.717, 1.165) is 24.3 Å². The van der Waals surface area contributed by atoms with Crippen molar-refractivity contribution in [2.75, 3.05) is 31.2 Å². The van der Waals surface area contributed by atoms with E-state index in [9.17, 15) is 13.6 Å².